The lowest BCUT2D eigenvalue weighted by molar-refractivity contribution is -0.132. The highest BCUT2D eigenvalue weighted by molar-refractivity contribution is 5.95. The average molecular weight is 269 g/mol. The van der Waals surface area contributed by atoms with E-state index in [1.54, 1.807) is 0 Å². The van der Waals surface area contributed by atoms with E-state index in [1.807, 2.05) is 0 Å². The average Bonchev–Trinajstić information content (AvgIpc) is 2.35. The second-order valence-electron chi connectivity index (χ2n) is 3.70. The normalized spacial score (nSPS) is 13.6. The molecule has 0 fully saturated rings. The van der Waals surface area contributed by atoms with Crippen LogP contribution in [0.5, 0.6) is 0 Å². The van der Waals surface area contributed by atoms with E-state index >= 15 is 0 Å². The van der Waals surface area contributed by atoms with Crippen LogP contribution in [0.2, 0.25) is 0 Å². The molecule has 0 bridgehead atoms. The third-order valence-electron chi connectivity index (χ3n) is 2.44. The minimum absolute atomic E-state index is 0.302. The van der Waals surface area contributed by atoms with E-state index in [-0.39, 0.29) is 11.1 Å². The Balaban J connectivity index is 3.31. The van der Waals surface area contributed by atoms with Crippen molar-refractivity contribution < 1.29 is 34.8 Å². The van der Waals surface area contributed by atoms with Crippen LogP contribution in [0, 0.1) is 0 Å². The molecule has 6 N–H and O–H groups in total. The predicted octanol–water partition coefficient (Wildman–Crippen LogP) is -1.04. The summed E-state index contributed by atoms with van der Waals surface area (Å²) in [6, 6.07) is 2.86. The number of carbonyl (C=O) groups excluding carboxylic acids is 1. The van der Waals surface area contributed by atoms with E-state index in [0.717, 1.165) is 18.2 Å². The molecule has 0 aliphatic carbocycles. The lowest BCUT2D eigenvalue weighted by Gasteiger charge is -2.17. The zero-order chi connectivity index (χ0) is 14.7. The molecule has 0 saturated carbocycles. The van der Waals surface area contributed by atoms with Gasteiger partial charge in [0.1, 0.15) is 6.10 Å². The Morgan fingerprint density at radius 2 is 1.63 bits per heavy atom. The van der Waals surface area contributed by atoms with E-state index in [4.69, 9.17) is 15.9 Å². The van der Waals surface area contributed by atoms with Crippen LogP contribution in [-0.2, 0) is 4.79 Å². The number of carboxylic acid groups (broad SMARTS) is 2. The van der Waals surface area contributed by atoms with Crippen molar-refractivity contribution in [1.29, 1.82) is 0 Å². The maximum absolute atomic E-state index is 11.0. The summed E-state index contributed by atoms with van der Waals surface area (Å²) in [4.78, 5) is 32.5. The fraction of sp³-hybridized carbons (Fsp3) is 0.182. The van der Waals surface area contributed by atoms with Crippen molar-refractivity contribution >= 4 is 17.8 Å². The summed E-state index contributed by atoms with van der Waals surface area (Å²) in [6.45, 7) is 0. The lowest BCUT2D eigenvalue weighted by atomic mass is 9.96. The highest BCUT2D eigenvalue weighted by Crippen LogP contribution is 2.23. The molecule has 1 aromatic rings. The largest absolute Gasteiger partial charge is 0.478 e. The number of hydrogen-bond acceptors (Lipinski definition) is 5. The molecule has 19 heavy (non-hydrogen) atoms. The minimum atomic E-state index is -1.99. The van der Waals surface area contributed by atoms with E-state index in [0.29, 0.717) is 0 Å². The van der Waals surface area contributed by atoms with Crippen LogP contribution in [0.3, 0.4) is 0 Å². The quantitative estimate of drug-likeness (QED) is 0.456. The number of rotatable bonds is 5. The molecule has 1 rings (SSSR count). The van der Waals surface area contributed by atoms with Crippen molar-refractivity contribution in [3.8, 4) is 0 Å². The summed E-state index contributed by atoms with van der Waals surface area (Å²) in [7, 11) is 0. The van der Waals surface area contributed by atoms with E-state index in [9.17, 15) is 24.6 Å². The van der Waals surface area contributed by atoms with Gasteiger partial charge in [0.05, 0.1) is 11.1 Å². The molecule has 2 unspecified atom stereocenters. The van der Waals surface area contributed by atoms with Gasteiger partial charge in [0, 0.05) is 0 Å². The summed E-state index contributed by atoms with van der Waals surface area (Å²) >= 11 is 0. The molecule has 0 spiro atoms. The number of amides is 1. The number of aromatic carboxylic acids is 2. The van der Waals surface area contributed by atoms with Crippen molar-refractivity contribution in [3.05, 3.63) is 34.9 Å². The monoisotopic (exact) mass is 269 g/mol. The van der Waals surface area contributed by atoms with Crippen LogP contribution in [0.4, 0.5) is 0 Å². The topological polar surface area (TPSA) is 158 Å². The van der Waals surface area contributed by atoms with Gasteiger partial charge in [0.2, 0.25) is 5.91 Å². The molecule has 0 aliphatic rings. The van der Waals surface area contributed by atoms with Crippen LogP contribution in [0.1, 0.15) is 32.4 Å². The van der Waals surface area contributed by atoms with Crippen LogP contribution in [0.15, 0.2) is 18.2 Å². The molecule has 2 atom stereocenters. The fourth-order valence-corrected chi connectivity index (χ4v) is 1.46. The number of aliphatic hydroxyl groups excluding tert-OH is 2. The molecular formula is C11H11NO7. The van der Waals surface area contributed by atoms with E-state index in [2.05, 4.69) is 0 Å². The Bertz CT molecular complexity index is 540. The van der Waals surface area contributed by atoms with Crippen LogP contribution in [0.25, 0.3) is 0 Å². The van der Waals surface area contributed by atoms with Crippen LogP contribution in [-0.4, -0.2) is 44.4 Å². The SMILES string of the molecule is NC(=O)C(O)C(O)c1ccc(C(=O)O)cc1C(=O)O. The summed E-state index contributed by atoms with van der Waals surface area (Å²) in [5.74, 6) is -4.08. The van der Waals surface area contributed by atoms with Crippen LogP contribution >= 0.6 is 0 Å². The Morgan fingerprint density at radius 3 is 2.05 bits per heavy atom. The maximum atomic E-state index is 11.0. The van der Waals surface area contributed by atoms with Gasteiger partial charge in [0.15, 0.2) is 6.10 Å². The van der Waals surface area contributed by atoms with Crippen LogP contribution < -0.4 is 5.73 Å². The number of carbonyl (C=O) groups is 3. The third-order valence-corrected chi connectivity index (χ3v) is 2.44. The van der Waals surface area contributed by atoms with E-state index in [1.165, 1.54) is 0 Å². The zero-order valence-electron chi connectivity index (χ0n) is 9.48. The first-order chi connectivity index (χ1) is 8.75. The lowest BCUT2D eigenvalue weighted by Crippen LogP contribution is -2.34. The standard InChI is InChI=1S/C11H11NO7/c12-9(15)8(14)7(13)5-2-1-4(10(16)17)3-6(5)11(18)19/h1-3,7-8,13-14H,(H2,12,15)(H,16,17)(H,18,19). The Morgan fingerprint density at radius 1 is 1.05 bits per heavy atom. The van der Waals surface area contributed by atoms with Crippen molar-refractivity contribution in [2.45, 2.75) is 12.2 Å². The highest BCUT2D eigenvalue weighted by atomic mass is 16.4. The van der Waals surface area contributed by atoms with Gasteiger partial charge in [-0.25, -0.2) is 9.59 Å². The van der Waals surface area contributed by atoms with Crippen molar-refractivity contribution in [2.24, 2.45) is 5.73 Å². The fourth-order valence-electron chi connectivity index (χ4n) is 1.46. The number of hydrogen-bond donors (Lipinski definition) is 5. The number of primary amides is 1. The van der Waals surface area contributed by atoms with Crippen molar-refractivity contribution in [2.75, 3.05) is 0 Å². The smallest absolute Gasteiger partial charge is 0.336 e. The van der Waals surface area contributed by atoms with Gasteiger partial charge in [-0.2, -0.15) is 0 Å². The van der Waals surface area contributed by atoms with Gasteiger partial charge < -0.3 is 26.2 Å². The molecule has 8 nitrogen and oxygen atoms in total. The third kappa shape index (κ3) is 3.06. The van der Waals surface area contributed by atoms with Gasteiger partial charge in [-0.3, -0.25) is 4.79 Å². The van der Waals surface area contributed by atoms with Crippen molar-refractivity contribution in [3.63, 3.8) is 0 Å². The Kier molecular flexibility index (Phi) is 4.20. The first kappa shape index (κ1) is 14.6. The summed E-state index contributed by atoms with van der Waals surface area (Å²) in [5, 5.41) is 36.6. The first-order valence-electron chi connectivity index (χ1n) is 5.01. The summed E-state index contributed by atoms with van der Waals surface area (Å²) in [5.41, 5.74) is 3.65. The van der Waals surface area contributed by atoms with Gasteiger partial charge in [0.25, 0.3) is 0 Å². The number of benzene rings is 1. The second kappa shape index (κ2) is 5.46. The van der Waals surface area contributed by atoms with Gasteiger partial charge in [-0.05, 0) is 17.7 Å². The molecule has 1 amide bonds. The second-order valence-corrected chi connectivity index (χ2v) is 3.70. The summed E-state index contributed by atoms with van der Waals surface area (Å²) < 4.78 is 0. The Hall–Kier alpha value is -2.45. The predicted molar refractivity (Wildman–Crippen MR) is 60.5 cm³/mol. The molecule has 102 valence electrons. The maximum Gasteiger partial charge on any atom is 0.336 e. The van der Waals surface area contributed by atoms with Crippen molar-refractivity contribution in [1.82, 2.24) is 0 Å². The molecule has 0 radical (unpaired) electrons. The van der Waals surface area contributed by atoms with Gasteiger partial charge in [-0.15, -0.1) is 0 Å². The zero-order valence-corrected chi connectivity index (χ0v) is 9.48. The molecule has 8 heteroatoms. The van der Waals surface area contributed by atoms with Gasteiger partial charge >= 0.3 is 11.9 Å². The minimum Gasteiger partial charge on any atom is -0.478 e. The number of aliphatic hydroxyl groups is 2. The first-order valence-corrected chi connectivity index (χ1v) is 5.01. The highest BCUT2D eigenvalue weighted by Gasteiger charge is 2.28. The molecule has 0 aromatic heterocycles. The molecular weight excluding hydrogens is 258 g/mol. The summed E-state index contributed by atoms with van der Waals surface area (Å²) in [6.07, 6.45) is -3.85. The molecule has 0 saturated heterocycles. The number of nitrogens with two attached hydrogens (primary N) is 1. The molecule has 1 aromatic carbocycles. The van der Waals surface area contributed by atoms with E-state index < -0.39 is 35.6 Å². The number of carboxylic acids is 2. The molecule has 0 aliphatic heterocycles. The molecule has 0 heterocycles. The Labute approximate surface area is 106 Å². The van der Waals surface area contributed by atoms with Gasteiger partial charge in [-0.1, -0.05) is 6.07 Å².